The Morgan fingerprint density at radius 3 is 2.58 bits per heavy atom. The van der Waals surface area contributed by atoms with Gasteiger partial charge in [0.15, 0.2) is 0 Å². The molecule has 2 aromatic rings. The number of rotatable bonds is 3. The molecule has 2 aromatic carbocycles. The van der Waals surface area contributed by atoms with E-state index in [1.807, 2.05) is 32.0 Å². The zero-order chi connectivity index (χ0) is 14.0. The predicted octanol–water partition coefficient (Wildman–Crippen LogP) is 4.34. The normalized spacial score (nSPS) is 12.2. The van der Waals surface area contributed by atoms with Crippen molar-refractivity contribution in [3.8, 4) is 11.5 Å². The smallest absolute Gasteiger partial charge is 0.121 e. The van der Waals surface area contributed by atoms with Crippen molar-refractivity contribution in [2.75, 3.05) is 5.32 Å². The monoisotopic (exact) mass is 321 g/mol. The molecular formula is C15H16BrNO2. The molecule has 0 aliphatic heterocycles. The maximum atomic E-state index is 9.84. The van der Waals surface area contributed by atoms with E-state index in [1.54, 1.807) is 6.07 Å². The number of benzene rings is 2. The quantitative estimate of drug-likeness (QED) is 0.737. The summed E-state index contributed by atoms with van der Waals surface area (Å²) in [6.07, 6.45) is 0. The van der Waals surface area contributed by atoms with Gasteiger partial charge in [0.05, 0.1) is 6.04 Å². The van der Waals surface area contributed by atoms with E-state index in [1.165, 1.54) is 12.1 Å². The third kappa shape index (κ3) is 3.20. The lowest BCUT2D eigenvalue weighted by atomic mass is 10.1. The topological polar surface area (TPSA) is 52.5 Å². The summed E-state index contributed by atoms with van der Waals surface area (Å²) in [6, 6.07) is 10.4. The van der Waals surface area contributed by atoms with Gasteiger partial charge in [-0.3, -0.25) is 0 Å². The minimum Gasteiger partial charge on any atom is -0.508 e. The van der Waals surface area contributed by atoms with Gasteiger partial charge < -0.3 is 15.5 Å². The van der Waals surface area contributed by atoms with Crippen LogP contribution in [0.25, 0.3) is 0 Å². The van der Waals surface area contributed by atoms with Crippen LogP contribution in [0.5, 0.6) is 11.5 Å². The molecule has 0 bridgehead atoms. The van der Waals surface area contributed by atoms with E-state index in [2.05, 4.69) is 21.2 Å². The van der Waals surface area contributed by atoms with Gasteiger partial charge in [0.1, 0.15) is 11.5 Å². The van der Waals surface area contributed by atoms with Crippen LogP contribution in [-0.2, 0) is 0 Å². The molecule has 0 saturated carbocycles. The van der Waals surface area contributed by atoms with Gasteiger partial charge in [-0.15, -0.1) is 0 Å². The molecule has 2 rings (SSSR count). The molecule has 1 atom stereocenters. The molecule has 100 valence electrons. The summed E-state index contributed by atoms with van der Waals surface area (Å²) >= 11 is 3.49. The number of hydrogen-bond donors (Lipinski definition) is 3. The van der Waals surface area contributed by atoms with Crippen LogP contribution in [-0.4, -0.2) is 10.2 Å². The van der Waals surface area contributed by atoms with Gasteiger partial charge in [-0.05, 0) is 65.7 Å². The molecule has 0 amide bonds. The first-order chi connectivity index (χ1) is 8.97. The van der Waals surface area contributed by atoms with Crippen LogP contribution in [0.3, 0.4) is 0 Å². The standard InChI is InChI=1S/C15H16BrNO2/c1-9-3-5-13(16)14(7-9)17-10(2)12-8-11(18)4-6-15(12)19/h3-8,10,17-19H,1-2H3. The van der Waals surface area contributed by atoms with Crippen LogP contribution in [0, 0.1) is 6.92 Å². The summed E-state index contributed by atoms with van der Waals surface area (Å²) in [5, 5.41) is 22.7. The molecular weight excluding hydrogens is 306 g/mol. The summed E-state index contributed by atoms with van der Waals surface area (Å²) in [7, 11) is 0. The summed E-state index contributed by atoms with van der Waals surface area (Å²) in [5.74, 6) is 0.311. The van der Waals surface area contributed by atoms with E-state index in [0.29, 0.717) is 5.56 Å². The van der Waals surface area contributed by atoms with E-state index >= 15 is 0 Å². The average Bonchev–Trinajstić information content (AvgIpc) is 2.36. The zero-order valence-corrected chi connectivity index (χ0v) is 12.4. The number of phenolic OH excluding ortho intramolecular Hbond substituents is 2. The average molecular weight is 322 g/mol. The number of nitrogens with one attached hydrogen (secondary N) is 1. The largest absolute Gasteiger partial charge is 0.508 e. The minimum atomic E-state index is -0.120. The molecule has 0 aromatic heterocycles. The van der Waals surface area contributed by atoms with Crippen LogP contribution in [0.2, 0.25) is 0 Å². The fourth-order valence-corrected chi connectivity index (χ4v) is 2.31. The van der Waals surface area contributed by atoms with E-state index in [4.69, 9.17) is 0 Å². The van der Waals surface area contributed by atoms with Crippen LogP contribution in [0.4, 0.5) is 5.69 Å². The Balaban J connectivity index is 2.27. The van der Waals surface area contributed by atoms with Crippen molar-refractivity contribution in [2.24, 2.45) is 0 Å². The predicted molar refractivity (Wildman–Crippen MR) is 80.7 cm³/mol. The zero-order valence-electron chi connectivity index (χ0n) is 10.8. The number of anilines is 1. The lowest BCUT2D eigenvalue weighted by Gasteiger charge is -2.18. The van der Waals surface area contributed by atoms with Crippen LogP contribution in [0.1, 0.15) is 24.1 Å². The number of aromatic hydroxyl groups is 2. The van der Waals surface area contributed by atoms with Crippen molar-refractivity contribution in [1.29, 1.82) is 0 Å². The molecule has 1 unspecified atom stereocenters. The molecule has 0 heterocycles. The van der Waals surface area contributed by atoms with E-state index in [9.17, 15) is 10.2 Å². The summed E-state index contributed by atoms with van der Waals surface area (Å²) in [4.78, 5) is 0. The fraction of sp³-hybridized carbons (Fsp3) is 0.200. The van der Waals surface area contributed by atoms with Gasteiger partial charge in [-0.2, -0.15) is 0 Å². The Labute approximate surface area is 121 Å². The number of aryl methyl sites for hydroxylation is 1. The lowest BCUT2D eigenvalue weighted by Crippen LogP contribution is -2.07. The highest BCUT2D eigenvalue weighted by Crippen LogP contribution is 2.32. The van der Waals surface area contributed by atoms with Gasteiger partial charge in [0.25, 0.3) is 0 Å². The Hall–Kier alpha value is -1.68. The fourth-order valence-electron chi connectivity index (χ4n) is 1.95. The second-order valence-corrected chi connectivity index (χ2v) is 5.45. The molecule has 0 saturated heterocycles. The maximum Gasteiger partial charge on any atom is 0.121 e. The Morgan fingerprint density at radius 1 is 1.11 bits per heavy atom. The van der Waals surface area contributed by atoms with Crippen LogP contribution < -0.4 is 5.32 Å². The van der Waals surface area contributed by atoms with Crippen LogP contribution >= 0.6 is 15.9 Å². The first-order valence-electron chi connectivity index (χ1n) is 6.02. The first-order valence-corrected chi connectivity index (χ1v) is 6.81. The first kappa shape index (κ1) is 13.7. The third-order valence-corrected chi connectivity index (χ3v) is 3.66. The van der Waals surface area contributed by atoms with E-state index in [-0.39, 0.29) is 17.5 Å². The highest BCUT2D eigenvalue weighted by Gasteiger charge is 2.12. The number of halogens is 1. The van der Waals surface area contributed by atoms with Gasteiger partial charge in [-0.25, -0.2) is 0 Å². The summed E-state index contributed by atoms with van der Waals surface area (Å²) in [5.41, 5.74) is 2.77. The second-order valence-electron chi connectivity index (χ2n) is 4.59. The van der Waals surface area contributed by atoms with E-state index in [0.717, 1.165) is 15.7 Å². The van der Waals surface area contributed by atoms with Crippen LogP contribution in [0.15, 0.2) is 40.9 Å². The van der Waals surface area contributed by atoms with Crippen molar-refractivity contribution >= 4 is 21.6 Å². The Morgan fingerprint density at radius 2 is 1.84 bits per heavy atom. The molecule has 19 heavy (non-hydrogen) atoms. The van der Waals surface area contributed by atoms with Crippen molar-refractivity contribution in [3.05, 3.63) is 52.0 Å². The second kappa shape index (κ2) is 5.53. The molecule has 3 N–H and O–H groups in total. The van der Waals surface area contributed by atoms with Crippen molar-refractivity contribution in [3.63, 3.8) is 0 Å². The molecule has 0 aliphatic rings. The highest BCUT2D eigenvalue weighted by molar-refractivity contribution is 9.10. The SMILES string of the molecule is Cc1ccc(Br)c(NC(C)c2cc(O)ccc2O)c1. The molecule has 3 nitrogen and oxygen atoms in total. The van der Waals surface area contributed by atoms with Gasteiger partial charge >= 0.3 is 0 Å². The molecule has 0 spiro atoms. The summed E-state index contributed by atoms with van der Waals surface area (Å²) < 4.78 is 0.963. The van der Waals surface area contributed by atoms with Crippen molar-refractivity contribution < 1.29 is 10.2 Å². The number of hydrogen-bond acceptors (Lipinski definition) is 3. The highest BCUT2D eigenvalue weighted by atomic mass is 79.9. The third-order valence-electron chi connectivity index (χ3n) is 2.97. The van der Waals surface area contributed by atoms with Gasteiger partial charge in [0.2, 0.25) is 0 Å². The Kier molecular flexibility index (Phi) is 4.00. The lowest BCUT2D eigenvalue weighted by molar-refractivity contribution is 0.451. The number of phenols is 2. The molecule has 0 fully saturated rings. The molecule has 4 heteroatoms. The van der Waals surface area contributed by atoms with Crippen molar-refractivity contribution in [2.45, 2.75) is 19.9 Å². The van der Waals surface area contributed by atoms with Gasteiger partial charge in [-0.1, -0.05) is 6.07 Å². The van der Waals surface area contributed by atoms with E-state index < -0.39 is 0 Å². The Bertz CT molecular complexity index is 599. The summed E-state index contributed by atoms with van der Waals surface area (Å²) in [6.45, 7) is 3.96. The minimum absolute atomic E-state index is 0.120. The maximum absolute atomic E-state index is 9.84. The van der Waals surface area contributed by atoms with Crippen molar-refractivity contribution in [1.82, 2.24) is 0 Å². The molecule has 0 radical (unpaired) electrons. The molecule has 0 aliphatic carbocycles. The van der Waals surface area contributed by atoms with Gasteiger partial charge in [0, 0.05) is 15.7 Å².